The molecule has 0 atom stereocenters. The maximum absolute atomic E-state index is 6.21. The van der Waals surface area contributed by atoms with Gasteiger partial charge in [-0.15, -0.1) is 0 Å². The van der Waals surface area contributed by atoms with Gasteiger partial charge in [0, 0.05) is 33.4 Å². The van der Waals surface area contributed by atoms with E-state index in [-0.39, 0.29) is 0 Å². The van der Waals surface area contributed by atoms with E-state index in [2.05, 4.69) is 181 Å². The first-order valence-corrected chi connectivity index (χ1v) is 16.2. The van der Waals surface area contributed by atoms with Crippen LogP contribution in [0.1, 0.15) is 0 Å². The van der Waals surface area contributed by atoms with Gasteiger partial charge in [0.1, 0.15) is 5.58 Å². The zero-order valence-corrected chi connectivity index (χ0v) is 26.1. The van der Waals surface area contributed by atoms with Crippen LogP contribution in [0.2, 0.25) is 0 Å². The number of pyridine rings is 1. The molecule has 0 radical (unpaired) electrons. The highest BCUT2D eigenvalue weighted by Crippen LogP contribution is 2.39. The van der Waals surface area contributed by atoms with E-state index in [0.717, 1.165) is 50.3 Å². The molecule has 0 aliphatic heterocycles. The summed E-state index contributed by atoms with van der Waals surface area (Å²) in [6.45, 7) is 0. The van der Waals surface area contributed by atoms with Gasteiger partial charge in [-0.2, -0.15) is 0 Å². The van der Waals surface area contributed by atoms with Crippen molar-refractivity contribution in [2.75, 3.05) is 4.90 Å². The third kappa shape index (κ3) is 4.99. The van der Waals surface area contributed by atoms with Gasteiger partial charge in [-0.1, -0.05) is 127 Å². The standard InChI is InChI=1S/C45H30N2O/c1-3-10-31(11-4-1)33-18-23-37(24-19-33)47(39-16-9-15-36(28-39)32-12-5-2-6-13-32)38-25-20-35(21-26-38)42-29-41-44(30-46-42)48-43-27-22-34-14-7-8-17-40(34)45(41)43/h1-30H. The summed E-state index contributed by atoms with van der Waals surface area (Å²) in [6, 6.07) is 62.1. The van der Waals surface area contributed by atoms with Crippen LogP contribution >= 0.6 is 0 Å². The fraction of sp³-hybridized carbons (Fsp3) is 0. The molecule has 0 saturated carbocycles. The number of fused-ring (bicyclic) bond motifs is 5. The smallest absolute Gasteiger partial charge is 0.153 e. The van der Waals surface area contributed by atoms with E-state index in [1.165, 1.54) is 33.0 Å². The summed E-state index contributed by atoms with van der Waals surface area (Å²) >= 11 is 0. The number of aromatic nitrogens is 1. The van der Waals surface area contributed by atoms with E-state index in [4.69, 9.17) is 9.40 Å². The normalized spacial score (nSPS) is 11.3. The maximum atomic E-state index is 6.21. The van der Waals surface area contributed by atoms with E-state index in [0.29, 0.717) is 0 Å². The van der Waals surface area contributed by atoms with Crippen LogP contribution in [0.5, 0.6) is 0 Å². The Morgan fingerprint density at radius 3 is 1.73 bits per heavy atom. The average Bonchev–Trinajstić information content (AvgIpc) is 3.55. The van der Waals surface area contributed by atoms with Crippen molar-refractivity contribution >= 4 is 49.8 Å². The molecule has 48 heavy (non-hydrogen) atoms. The second kappa shape index (κ2) is 11.7. The SMILES string of the molecule is c1ccc(-c2ccc(N(c3ccc(-c4cc5c(cn4)oc4ccc6ccccc6c45)cc3)c3cccc(-c4ccccc4)c3)cc2)cc1. The van der Waals surface area contributed by atoms with Crippen LogP contribution in [-0.4, -0.2) is 4.98 Å². The van der Waals surface area contributed by atoms with E-state index >= 15 is 0 Å². The molecule has 226 valence electrons. The van der Waals surface area contributed by atoms with E-state index in [1.807, 2.05) is 6.20 Å². The Kier molecular flexibility index (Phi) is 6.80. The molecule has 9 rings (SSSR count). The first kappa shape index (κ1) is 27.8. The number of hydrogen-bond donors (Lipinski definition) is 0. The van der Waals surface area contributed by atoms with Crippen LogP contribution in [0.25, 0.3) is 66.2 Å². The van der Waals surface area contributed by atoms with Gasteiger partial charge in [-0.3, -0.25) is 4.98 Å². The molecule has 0 aliphatic carbocycles. The highest BCUT2D eigenvalue weighted by Gasteiger charge is 2.16. The Bertz CT molecular complexity index is 2540. The van der Waals surface area contributed by atoms with Gasteiger partial charge in [0.15, 0.2) is 5.58 Å². The molecular weight excluding hydrogens is 585 g/mol. The molecule has 0 saturated heterocycles. The topological polar surface area (TPSA) is 29.3 Å². The van der Waals surface area contributed by atoms with E-state index in [1.54, 1.807) is 0 Å². The minimum absolute atomic E-state index is 0.796. The highest BCUT2D eigenvalue weighted by atomic mass is 16.3. The second-order valence-corrected chi connectivity index (χ2v) is 12.0. The van der Waals surface area contributed by atoms with Gasteiger partial charge in [-0.25, -0.2) is 0 Å². The third-order valence-electron chi connectivity index (χ3n) is 9.11. The largest absolute Gasteiger partial charge is 0.454 e. The van der Waals surface area contributed by atoms with Crippen molar-refractivity contribution in [3.63, 3.8) is 0 Å². The van der Waals surface area contributed by atoms with Crippen LogP contribution in [0.4, 0.5) is 17.1 Å². The molecule has 0 unspecified atom stereocenters. The summed E-state index contributed by atoms with van der Waals surface area (Å²) in [6.07, 6.45) is 1.85. The molecule has 9 aromatic rings. The average molecular weight is 615 g/mol. The summed E-state index contributed by atoms with van der Waals surface area (Å²) in [7, 11) is 0. The lowest BCUT2D eigenvalue weighted by Crippen LogP contribution is -2.10. The number of benzene rings is 7. The van der Waals surface area contributed by atoms with Gasteiger partial charge in [-0.05, 0) is 81.6 Å². The van der Waals surface area contributed by atoms with Crippen LogP contribution < -0.4 is 4.90 Å². The molecule has 0 bridgehead atoms. The zero-order chi connectivity index (χ0) is 31.9. The molecule has 3 nitrogen and oxygen atoms in total. The second-order valence-electron chi connectivity index (χ2n) is 12.0. The number of hydrogen-bond acceptors (Lipinski definition) is 3. The fourth-order valence-electron chi connectivity index (χ4n) is 6.73. The van der Waals surface area contributed by atoms with Crippen molar-refractivity contribution in [3.05, 3.63) is 182 Å². The Morgan fingerprint density at radius 1 is 0.396 bits per heavy atom. The van der Waals surface area contributed by atoms with Gasteiger partial charge in [0.2, 0.25) is 0 Å². The van der Waals surface area contributed by atoms with Crippen molar-refractivity contribution < 1.29 is 4.42 Å². The van der Waals surface area contributed by atoms with Crippen LogP contribution in [0.3, 0.4) is 0 Å². The summed E-state index contributed by atoms with van der Waals surface area (Å²) in [5.41, 5.74) is 11.6. The lowest BCUT2D eigenvalue weighted by molar-refractivity contribution is 0.667. The van der Waals surface area contributed by atoms with E-state index in [9.17, 15) is 0 Å². The Morgan fingerprint density at radius 2 is 1.00 bits per heavy atom. The third-order valence-corrected chi connectivity index (χ3v) is 9.11. The molecule has 0 N–H and O–H groups in total. The minimum atomic E-state index is 0.796. The molecule has 3 heteroatoms. The monoisotopic (exact) mass is 614 g/mol. The molecule has 0 spiro atoms. The summed E-state index contributed by atoms with van der Waals surface area (Å²) in [5, 5.41) is 4.59. The number of anilines is 3. The maximum Gasteiger partial charge on any atom is 0.153 e. The summed E-state index contributed by atoms with van der Waals surface area (Å²) < 4.78 is 6.21. The van der Waals surface area contributed by atoms with Crippen LogP contribution in [-0.2, 0) is 0 Å². The van der Waals surface area contributed by atoms with E-state index < -0.39 is 0 Å². The predicted molar refractivity (Wildman–Crippen MR) is 200 cm³/mol. The molecule has 0 fully saturated rings. The number of rotatable bonds is 6. The van der Waals surface area contributed by atoms with Crippen molar-refractivity contribution in [2.24, 2.45) is 0 Å². The molecule has 2 heterocycles. The fourth-order valence-corrected chi connectivity index (χ4v) is 6.73. The molecular formula is C45H30N2O. The predicted octanol–water partition coefficient (Wildman–Crippen LogP) is 12.6. The first-order valence-electron chi connectivity index (χ1n) is 16.2. The molecule has 0 aliphatic rings. The minimum Gasteiger partial charge on any atom is -0.454 e. The van der Waals surface area contributed by atoms with Crippen LogP contribution in [0.15, 0.2) is 187 Å². The quantitative estimate of drug-likeness (QED) is 0.187. The Labute approximate surface area is 279 Å². The van der Waals surface area contributed by atoms with Gasteiger partial charge in [0.25, 0.3) is 0 Å². The molecule has 7 aromatic carbocycles. The Balaban J connectivity index is 1.13. The molecule has 0 amide bonds. The van der Waals surface area contributed by atoms with Gasteiger partial charge < -0.3 is 9.32 Å². The highest BCUT2D eigenvalue weighted by molar-refractivity contribution is 6.19. The zero-order valence-electron chi connectivity index (χ0n) is 26.1. The Hall–Kier alpha value is -6.45. The number of furan rings is 1. The van der Waals surface area contributed by atoms with Crippen molar-refractivity contribution in [2.45, 2.75) is 0 Å². The van der Waals surface area contributed by atoms with Crippen LogP contribution in [0, 0.1) is 0 Å². The van der Waals surface area contributed by atoms with Crippen molar-refractivity contribution in [3.8, 4) is 33.5 Å². The van der Waals surface area contributed by atoms with Crippen molar-refractivity contribution in [1.29, 1.82) is 0 Å². The van der Waals surface area contributed by atoms with Gasteiger partial charge in [0.05, 0.1) is 11.9 Å². The van der Waals surface area contributed by atoms with Crippen molar-refractivity contribution in [1.82, 2.24) is 4.98 Å². The van der Waals surface area contributed by atoms with Gasteiger partial charge >= 0.3 is 0 Å². The lowest BCUT2D eigenvalue weighted by Gasteiger charge is -2.26. The lowest BCUT2D eigenvalue weighted by atomic mass is 10.0. The number of nitrogens with zero attached hydrogens (tertiary/aromatic N) is 2. The summed E-state index contributed by atoms with van der Waals surface area (Å²) in [4.78, 5) is 7.14. The molecule has 2 aromatic heterocycles. The summed E-state index contributed by atoms with van der Waals surface area (Å²) in [5.74, 6) is 0. The first-order chi connectivity index (χ1) is 23.8.